The monoisotopic (exact) mass is 375 g/mol. The van der Waals surface area contributed by atoms with E-state index in [0.29, 0.717) is 5.31 Å². The molecule has 0 radical (unpaired) electrons. The Labute approximate surface area is 155 Å². The van der Waals surface area contributed by atoms with Crippen molar-refractivity contribution in [3.63, 3.8) is 0 Å². The highest BCUT2D eigenvalue weighted by molar-refractivity contribution is 5.89. The van der Waals surface area contributed by atoms with Gasteiger partial charge in [-0.15, -0.1) is 0 Å². The Morgan fingerprint density at radius 3 is 2.15 bits per heavy atom. The summed E-state index contributed by atoms with van der Waals surface area (Å²) in [6.07, 6.45) is -1.12. The predicted molar refractivity (Wildman–Crippen MR) is 93.3 cm³/mol. The fourth-order valence-corrected chi connectivity index (χ4v) is 1.78. The summed E-state index contributed by atoms with van der Waals surface area (Å²) in [5, 5.41) is 2.79. The van der Waals surface area contributed by atoms with Crippen molar-refractivity contribution in [1.82, 2.24) is 10.6 Å². The minimum Gasteiger partial charge on any atom is -0.466 e. The third-order valence-corrected chi connectivity index (χ3v) is 2.90. The van der Waals surface area contributed by atoms with Crippen LogP contribution in [0.3, 0.4) is 0 Å². The van der Waals surface area contributed by atoms with Crippen molar-refractivity contribution < 1.29 is 34.8 Å². The van der Waals surface area contributed by atoms with Gasteiger partial charge in [-0.25, -0.2) is 9.59 Å². The summed E-state index contributed by atoms with van der Waals surface area (Å²) in [5.41, 5.74) is -0.820. The molecule has 0 aliphatic carbocycles. The molecule has 0 unspecified atom stereocenters. The highest BCUT2D eigenvalue weighted by Gasteiger charge is 2.27. The summed E-state index contributed by atoms with van der Waals surface area (Å²) in [6, 6.07) is -2.32. The van der Waals surface area contributed by atoms with Gasteiger partial charge in [0, 0.05) is 6.42 Å². The summed E-state index contributed by atoms with van der Waals surface area (Å²) in [5.74, 6) is -1.97. The third-order valence-electron chi connectivity index (χ3n) is 2.90. The smallest absolute Gasteiger partial charge is 0.408 e. The van der Waals surface area contributed by atoms with Gasteiger partial charge in [0.05, 0.1) is 13.2 Å². The zero-order valence-electron chi connectivity index (χ0n) is 17.3. The number of carbonyl (C=O) groups is 4. The van der Waals surface area contributed by atoms with Crippen LogP contribution in [0.5, 0.6) is 0 Å². The van der Waals surface area contributed by atoms with Crippen LogP contribution >= 0.6 is 0 Å². The van der Waals surface area contributed by atoms with E-state index in [1.807, 2.05) is 0 Å². The van der Waals surface area contributed by atoms with Gasteiger partial charge in [-0.3, -0.25) is 9.59 Å². The molecule has 2 N–H and O–H groups in total. The van der Waals surface area contributed by atoms with E-state index in [1.54, 1.807) is 34.6 Å². The number of rotatable bonds is 9. The van der Waals surface area contributed by atoms with E-state index in [0.717, 1.165) is 0 Å². The van der Waals surface area contributed by atoms with Crippen LogP contribution in [0.25, 0.3) is 0 Å². The molecule has 0 heterocycles. The Balaban J connectivity index is 4.96. The lowest BCUT2D eigenvalue weighted by Gasteiger charge is -2.23. The van der Waals surface area contributed by atoms with Gasteiger partial charge in [0.25, 0.3) is 0 Å². The lowest BCUT2D eigenvalue weighted by Crippen LogP contribution is -2.51. The number of esters is 2. The third kappa shape index (κ3) is 10.5. The Bertz CT molecular complexity index is 534. The van der Waals surface area contributed by atoms with E-state index >= 15 is 0 Å². The van der Waals surface area contributed by atoms with E-state index in [1.165, 1.54) is 6.92 Å². The topological polar surface area (TPSA) is 120 Å². The van der Waals surface area contributed by atoms with E-state index < -0.39 is 41.6 Å². The maximum absolute atomic E-state index is 12.3. The number of nitrogens with one attached hydrogen (secondary N) is 2. The van der Waals surface area contributed by atoms with Crippen LogP contribution in [0.1, 0.15) is 54.4 Å². The van der Waals surface area contributed by atoms with Crippen LogP contribution in [0.4, 0.5) is 4.79 Å². The standard InChI is InChI=1S/C17H30N2O7/c1-7-24-13(20)10-9-12(15(22)25-8-2)19-14(21)11(3)18-16(23)26-17(4,5)6/h11-12H,7-10H2,1-6H3,(H,18,23)(H,19,21)/t11-,12-/m0/s1/i/hD. The average molecular weight is 375 g/mol. The summed E-state index contributed by atoms with van der Waals surface area (Å²) < 4.78 is 22.5. The number of carbonyl (C=O) groups excluding carboxylic acids is 4. The number of ether oxygens (including phenoxy) is 3. The molecule has 0 aliphatic rings. The quantitative estimate of drug-likeness (QED) is 0.460. The van der Waals surface area contributed by atoms with Gasteiger partial charge in [0.15, 0.2) is 1.41 Å². The Morgan fingerprint density at radius 2 is 1.65 bits per heavy atom. The van der Waals surface area contributed by atoms with Crippen LogP contribution in [0, 0.1) is 0 Å². The van der Waals surface area contributed by atoms with Gasteiger partial charge in [-0.1, -0.05) is 0 Å². The second kappa shape index (κ2) is 11.3. The van der Waals surface area contributed by atoms with E-state index in [4.69, 9.17) is 15.6 Å². The normalized spacial score (nSPS) is 13.7. The van der Waals surface area contributed by atoms with Crippen LogP contribution in [-0.4, -0.2) is 54.8 Å². The van der Waals surface area contributed by atoms with Crippen molar-refractivity contribution in [3.8, 4) is 0 Å². The van der Waals surface area contributed by atoms with Crippen molar-refractivity contribution >= 4 is 23.9 Å². The molecule has 0 bridgehead atoms. The first-order chi connectivity index (χ1) is 12.4. The molecule has 9 heteroatoms. The van der Waals surface area contributed by atoms with Crippen molar-refractivity contribution in [2.45, 2.75) is 72.1 Å². The van der Waals surface area contributed by atoms with Crippen LogP contribution in [0.2, 0.25) is 1.41 Å². The Kier molecular flexibility index (Phi) is 9.46. The minimum absolute atomic E-state index is 0.0272. The second-order valence-corrected chi connectivity index (χ2v) is 6.44. The molecular formula is C17H30N2O7. The number of alkyl carbamates (subject to hydrolysis) is 1. The molecule has 0 spiro atoms. The highest BCUT2D eigenvalue weighted by atomic mass is 16.6. The minimum atomic E-state index is -1.22. The Morgan fingerprint density at radius 1 is 1.08 bits per heavy atom. The molecule has 9 nitrogen and oxygen atoms in total. The van der Waals surface area contributed by atoms with E-state index in [9.17, 15) is 19.2 Å². The highest BCUT2D eigenvalue weighted by Crippen LogP contribution is 2.07. The van der Waals surface area contributed by atoms with Gasteiger partial charge in [-0.05, 0) is 48.0 Å². The molecule has 2 atom stereocenters. The lowest BCUT2D eigenvalue weighted by atomic mass is 10.1. The maximum Gasteiger partial charge on any atom is 0.408 e. The zero-order chi connectivity index (χ0) is 21.2. The van der Waals surface area contributed by atoms with Gasteiger partial charge >= 0.3 is 18.0 Å². The lowest BCUT2D eigenvalue weighted by molar-refractivity contribution is -0.149. The molecule has 0 aromatic carbocycles. The van der Waals surface area contributed by atoms with Gasteiger partial charge in [-0.2, -0.15) is 0 Å². The van der Waals surface area contributed by atoms with Crippen LogP contribution in [-0.2, 0) is 28.6 Å². The molecule has 26 heavy (non-hydrogen) atoms. The van der Waals surface area contributed by atoms with Gasteiger partial charge < -0.3 is 24.8 Å². The molecule has 150 valence electrons. The first-order valence-electron chi connectivity index (χ1n) is 9.01. The molecular weight excluding hydrogens is 344 g/mol. The van der Waals surface area contributed by atoms with Crippen molar-refractivity contribution in [2.24, 2.45) is 0 Å². The molecule has 0 aliphatic heterocycles. The van der Waals surface area contributed by atoms with Crippen molar-refractivity contribution in [1.29, 1.82) is 0 Å². The first-order valence-corrected chi connectivity index (χ1v) is 8.56. The first kappa shape index (κ1) is 21.7. The number of hydrogen-bond donors (Lipinski definition) is 2. The van der Waals surface area contributed by atoms with E-state index in [-0.39, 0.29) is 26.1 Å². The number of hydrogen-bond acceptors (Lipinski definition) is 7. The molecule has 0 saturated carbocycles. The summed E-state index contributed by atoms with van der Waals surface area (Å²) in [7, 11) is 0. The van der Waals surface area contributed by atoms with Crippen molar-refractivity contribution in [3.05, 3.63) is 0 Å². The average Bonchev–Trinajstić information content (AvgIpc) is 2.55. The summed E-state index contributed by atoms with van der Waals surface area (Å²) in [4.78, 5) is 47.8. The van der Waals surface area contributed by atoms with Crippen molar-refractivity contribution in [2.75, 3.05) is 13.2 Å². The summed E-state index contributed by atoms with van der Waals surface area (Å²) in [6.45, 7) is 9.79. The fraction of sp³-hybridized carbons (Fsp3) is 0.765. The molecule has 2 amide bonds. The molecule has 0 aromatic heterocycles. The van der Waals surface area contributed by atoms with Gasteiger partial charge in [0.2, 0.25) is 5.91 Å². The summed E-state index contributed by atoms with van der Waals surface area (Å²) >= 11 is 0. The largest absolute Gasteiger partial charge is 0.466 e. The maximum atomic E-state index is 12.3. The molecule has 0 rings (SSSR count). The van der Waals surface area contributed by atoms with Gasteiger partial charge in [0.1, 0.15) is 17.7 Å². The van der Waals surface area contributed by atoms with Crippen LogP contribution in [0.15, 0.2) is 0 Å². The Hall–Kier alpha value is -2.32. The molecule has 0 fully saturated rings. The molecule has 0 saturated heterocycles. The molecule has 0 aromatic rings. The predicted octanol–water partition coefficient (Wildman–Crippen LogP) is 1.29. The SMILES string of the molecule is [2H]N(C(=O)OC(C)(C)C)[C@@H](C)C(=O)N[C@@H](CCC(=O)OCC)C(=O)OCC. The van der Waals surface area contributed by atoms with E-state index in [2.05, 4.69) is 5.32 Å². The zero-order valence-corrected chi connectivity index (χ0v) is 16.3. The number of amides is 2. The van der Waals surface area contributed by atoms with Crippen LogP contribution < -0.4 is 10.6 Å². The fourth-order valence-electron chi connectivity index (χ4n) is 1.78. The second-order valence-electron chi connectivity index (χ2n) is 6.44.